The van der Waals surface area contributed by atoms with Gasteiger partial charge in [0.15, 0.2) is 0 Å². The van der Waals surface area contributed by atoms with Gasteiger partial charge in [0.2, 0.25) is 0 Å². The van der Waals surface area contributed by atoms with Crippen molar-refractivity contribution in [3.05, 3.63) is 233 Å². The van der Waals surface area contributed by atoms with Gasteiger partial charge in [0, 0.05) is 46.5 Å². The molecule has 0 saturated carbocycles. The number of fused-ring (bicyclic) bond motifs is 7. The summed E-state index contributed by atoms with van der Waals surface area (Å²) in [4.78, 5) is 4.94. The summed E-state index contributed by atoms with van der Waals surface area (Å²) < 4.78 is 0. The predicted molar refractivity (Wildman–Crippen MR) is 277 cm³/mol. The maximum Gasteiger partial charge on any atom is 0.0493 e. The van der Waals surface area contributed by atoms with Crippen molar-refractivity contribution in [1.29, 1.82) is 0 Å². The average Bonchev–Trinajstić information content (AvgIpc) is 3.88. The monoisotopic (exact) mass is 838 g/mol. The summed E-state index contributed by atoms with van der Waals surface area (Å²) in [5.41, 5.74) is 27.4. The van der Waals surface area contributed by atoms with Gasteiger partial charge >= 0.3 is 0 Å². The number of rotatable bonds is 7. The van der Waals surface area contributed by atoms with E-state index in [1.54, 1.807) is 5.57 Å². The Morgan fingerprint density at radius 1 is 0.523 bits per heavy atom. The molecule has 0 fully saturated rings. The Bertz CT molecular complexity index is 3120. The molecule has 6 aromatic rings. The van der Waals surface area contributed by atoms with E-state index < -0.39 is 0 Å². The smallest absolute Gasteiger partial charge is 0.0493 e. The summed E-state index contributed by atoms with van der Waals surface area (Å²) in [5.74, 6) is 0.313. The highest BCUT2D eigenvalue weighted by Crippen LogP contribution is 2.50. The lowest BCUT2D eigenvalue weighted by molar-refractivity contribution is 0.923. The standard InChI is InChI=1S/C63H54N2/c1-42-13-11-12-38-64(62-37-36-57-56-19-10-9-18-50(56)40-61(57)63(42)62)51-27-20-47(21-28-51)48-24-31-53(32-25-48)65(52-29-22-46(23-30-52)44-14-5-3-6-15-44)54-33-35-58-59(41-54)43(2)55-34-26-49(39-60(55)58)45-16-7-4-8-17-45/h5,7,10-11,13-17,19-37,39,41,43H,1,3-4,6,8-9,12,18,38,40H2,2H3/b13-11-. The molecule has 1 aliphatic heterocycles. The van der Waals surface area contributed by atoms with Gasteiger partial charge in [0.25, 0.3) is 0 Å². The minimum Gasteiger partial charge on any atom is -0.341 e. The topological polar surface area (TPSA) is 6.48 Å². The summed E-state index contributed by atoms with van der Waals surface area (Å²) in [5, 5.41) is 0. The molecular formula is C63H54N2. The highest BCUT2D eigenvalue weighted by Gasteiger charge is 2.30. The van der Waals surface area contributed by atoms with Crippen LogP contribution in [0.15, 0.2) is 194 Å². The zero-order valence-corrected chi connectivity index (χ0v) is 37.4. The second kappa shape index (κ2) is 16.4. The number of hydrogen-bond donors (Lipinski definition) is 0. The van der Waals surface area contributed by atoms with Gasteiger partial charge in [-0.05, 0) is 190 Å². The lowest BCUT2D eigenvalue weighted by Gasteiger charge is -2.30. The number of anilines is 5. The molecule has 2 nitrogen and oxygen atoms in total. The van der Waals surface area contributed by atoms with Crippen molar-refractivity contribution in [2.75, 3.05) is 16.3 Å². The van der Waals surface area contributed by atoms with E-state index >= 15 is 0 Å². The summed E-state index contributed by atoms with van der Waals surface area (Å²) in [6.07, 6.45) is 31.9. The van der Waals surface area contributed by atoms with E-state index in [0.29, 0.717) is 5.92 Å². The highest BCUT2D eigenvalue weighted by molar-refractivity contribution is 5.94. The molecule has 0 radical (unpaired) electrons. The molecule has 2 heteroatoms. The molecule has 1 atom stereocenters. The quantitative estimate of drug-likeness (QED) is 0.158. The minimum atomic E-state index is 0.313. The van der Waals surface area contributed by atoms with Crippen molar-refractivity contribution in [2.24, 2.45) is 0 Å². The van der Waals surface area contributed by atoms with E-state index in [0.717, 1.165) is 74.9 Å². The molecule has 5 aliphatic carbocycles. The molecule has 0 bridgehead atoms. The SMILES string of the molecule is C=C1/C=C\CCN(c2ccc(-c3ccc(N(c4ccc(C5=CCCC=C5)cc4)c4ccc5c(c4)C(C)c4ccc(C6=CCCC=C6)cc4-5)cc3)cc2)c2ccc3c(c21)CC1=C3C=CCC1. The fraction of sp³-hybridized carbons (Fsp3) is 0.175. The highest BCUT2D eigenvalue weighted by atomic mass is 15.1. The van der Waals surface area contributed by atoms with Gasteiger partial charge in [-0.3, -0.25) is 0 Å². The molecular weight excluding hydrogens is 785 g/mol. The van der Waals surface area contributed by atoms with Crippen LogP contribution in [-0.2, 0) is 6.42 Å². The normalized spacial score (nSPS) is 18.5. The molecule has 316 valence electrons. The first-order chi connectivity index (χ1) is 32.1. The second-order valence-corrected chi connectivity index (χ2v) is 18.5. The lowest BCUT2D eigenvalue weighted by Crippen LogP contribution is -2.21. The van der Waals surface area contributed by atoms with Crippen LogP contribution in [0.3, 0.4) is 0 Å². The van der Waals surface area contributed by atoms with E-state index in [-0.39, 0.29) is 0 Å². The Labute approximate surface area is 385 Å². The third-order valence-corrected chi connectivity index (χ3v) is 14.7. The first-order valence-corrected chi connectivity index (χ1v) is 23.9. The molecule has 1 unspecified atom stereocenters. The summed E-state index contributed by atoms with van der Waals surface area (Å²) in [6.45, 7) is 7.89. The fourth-order valence-electron chi connectivity index (χ4n) is 11.3. The van der Waals surface area contributed by atoms with Crippen LogP contribution in [0.1, 0.15) is 96.7 Å². The molecule has 0 spiro atoms. The Kier molecular flexibility index (Phi) is 9.97. The van der Waals surface area contributed by atoms with Crippen LogP contribution in [0.25, 0.3) is 44.5 Å². The van der Waals surface area contributed by atoms with Crippen molar-refractivity contribution >= 4 is 50.7 Å². The molecule has 0 N–H and O–H groups in total. The first kappa shape index (κ1) is 39.4. The van der Waals surface area contributed by atoms with Crippen LogP contribution in [0.4, 0.5) is 28.4 Å². The maximum absolute atomic E-state index is 4.60. The largest absolute Gasteiger partial charge is 0.341 e. The Balaban J connectivity index is 0.864. The molecule has 12 rings (SSSR count). The first-order valence-electron chi connectivity index (χ1n) is 23.9. The lowest BCUT2D eigenvalue weighted by atomic mass is 9.91. The summed E-state index contributed by atoms with van der Waals surface area (Å²) in [7, 11) is 0. The Morgan fingerprint density at radius 3 is 1.88 bits per heavy atom. The van der Waals surface area contributed by atoms with E-state index in [1.165, 1.54) is 95.0 Å². The van der Waals surface area contributed by atoms with Gasteiger partial charge in [0.05, 0.1) is 0 Å². The Morgan fingerprint density at radius 2 is 1.15 bits per heavy atom. The zero-order valence-electron chi connectivity index (χ0n) is 37.4. The number of nitrogens with zero attached hydrogens (tertiary/aromatic N) is 2. The third-order valence-electron chi connectivity index (χ3n) is 14.7. The molecule has 6 aliphatic rings. The van der Waals surface area contributed by atoms with Gasteiger partial charge in [-0.25, -0.2) is 0 Å². The van der Waals surface area contributed by atoms with Gasteiger partial charge in [-0.15, -0.1) is 0 Å². The van der Waals surface area contributed by atoms with Crippen molar-refractivity contribution in [3.8, 4) is 22.3 Å². The molecule has 6 aromatic carbocycles. The van der Waals surface area contributed by atoms with Crippen LogP contribution in [0, 0.1) is 0 Å². The van der Waals surface area contributed by atoms with Crippen LogP contribution < -0.4 is 9.80 Å². The van der Waals surface area contributed by atoms with Crippen LogP contribution in [0.5, 0.6) is 0 Å². The van der Waals surface area contributed by atoms with Crippen molar-refractivity contribution in [2.45, 2.75) is 64.2 Å². The summed E-state index contributed by atoms with van der Waals surface area (Å²) >= 11 is 0. The fourth-order valence-corrected chi connectivity index (χ4v) is 11.3. The summed E-state index contributed by atoms with van der Waals surface area (Å²) in [6, 6.07) is 46.5. The van der Waals surface area contributed by atoms with E-state index in [1.807, 2.05) is 0 Å². The number of hydrogen-bond acceptors (Lipinski definition) is 2. The van der Waals surface area contributed by atoms with E-state index in [4.69, 9.17) is 0 Å². The maximum atomic E-state index is 4.60. The van der Waals surface area contributed by atoms with Gasteiger partial charge in [-0.1, -0.05) is 140 Å². The predicted octanol–water partition coefficient (Wildman–Crippen LogP) is 17.2. The second-order valence-electron chi connectivity index (χ2n) is 18.5. The third kappa shape index (κ3) is 7.04. The van der Waals surface area contributed by atoms with Gasteiger partial charge < -0.3 is 9.80 Å². The molecule has 0 amide bonds. The van der Waals surface area contributed by atoms with Crippen molar-refractivity contribution in [3.63, 3.8) is 0 Å². The zero-order chi connectivity index (χ0) is 43.4. The van der Waals surface area contributed by atoms with E-state index in [2.05, 4.69) is 205 Å². The van der Waals surface area contributed by atoms with Crippen LogP contribution in [0.2, 0.25) is 0 Å². The van der Waals surface area contributed by atoms with Crippen LogP contribution in [-0.4, -0.2) is 6.54 Å². The van der Waals surface area contributed by atoms with Gasteiger partial charge in [0.1, 0.15) is 0 Å². The van der Waals surface area contributed by atoms with Crippen LogP contribution >= 0.6 is 0 Å². The number of benzene rings is 6. The Hall–Kier alpha value is -7.16. The molecule has 0 aromatic heterocycles. The average molecular weight is 839 g/mol. The van der Waals surface area contributed by atoms with Gasteiger partial charge in [-0.2, -0.15) is 0 Å². The molecule has 1 heterocycles. The van der Waals surface area contributed by atoms with Crippen molar-refractivity contribution in [1.82, 2.24) is 0 Å². The van der Waals surface area contributed by atoms with Crippen molar-refractivity contribution < 1.29 is 0 Å². The number of allylic oxidation sites excluding steroid dienone is 14. The van der Waals surface area contributed by atoms with E-state index in [9.17, 15) is 0 Å². The molecule has 65 heavy (non-hydrogen) atoms. The minimum absolute atomic E-state index is 0.313. The molecule has 0 saturated heterocycles.